The van der Waals surface area contributed by atoms with E-state index in [-0.39, 0.29) is 24.0 Å². The number of aliphatic imine (C=N–C) groups is 1. The third kappa shape index (κ3) is 16.5. The minimum absolute atomic E-state index is 0. The summed E-state index contributed by atoms with van der Waals surface area (Å²) in [5.74, 6) is 1.19. The van der Waals surface area contributed by atoms with Crippen LogP contribution in [0.15, 0.2) is 4.99 Å². The second-order valence-electron chi connectivity index (χ2n) is 6.43. The van der Waals surface area contributed by atoms with E-state index in [1.54, 1.807) is 7.05 Å². The van der Waals surface area contributed by atoms with Gasteiger partial charge in [-0.1, -0.05) is 13.8 Å². The van der Waals surface area contributed by atoms with Gasteiger partial charge in [-0.2, -0.15) is 0 Å². The SMILES string of the molecule is CN=C(NCCCOCC(C)C)NCC(C)(C)NS(C)(=O)=O.I. The summed E-state index contributed by atoms with van der Waals surface area (Å²) in [6.45, 7) is 10.5. The van der Waals surface area contributed by atoms with Crippen molar-refractivity contribution >= 4 is 40.0 Å². The van der Waals surface area contributed by atoms with Crippen LogP contribution in [0.2, 0.25) is 0 Å². The van der Waals surface area contributed by atoms with Crippen LogP contribution in [-0.2, 0) is 14.8 Å². The van der Waals surface area contributed by atoms with Crippen LogP contribution in [0.5, 0.6) is 0 Å². The van der Waals surface area contributed by atoms with Crippen molar-refractivity contribution in [3.05, 3.63) is 0 Å². The molecule has 0 aliphatic rings. The quantitative estimate of drug-likeness (QED) is 0.195. The highest BCUT2D eigenvalue weighted by Crippen LogP contribution is 2.01. The number of sulfonamides is 1. The van der Waals surface area contributed by atoms with Crippen molar-refractivity contribution in [2.24, 2.45) is 10.9 Å². The van der Waals surface area contributed by atoms with Crippen LogP contribution >= 0.6 is 24.0 Å². The summed E-state index contributed by atoms with van der Waals surface area (Å²) in [4.78, 5) is 4.11. The molecule has 0 aliphatic carbocycles. The van der Waals surface area contributed by atoms with E-state index in [1.807, 2.05) is 13.8 Å². The molecule has 0 bridgehead atoms. The highest BCUT2D eigenvalue weighted by Gasteiger charge is 2.22. The molecule has 0 radical (unpaired) electrons. The summed E-state index contributed by atoms with van der Waals surface area (Å²) in [5.41, 5.74) is -0.592. The van der Waals surface area contributed by atoms with E-state index in [0.717, 1.165) is 25.8 Å². The Hall–Kier alpha value is -0.130. The van der Waals surface area contributed by atoms with E-state index >= 15 is 0 Å². The first kappa shape index (κ1) is 25.1. The first-order chi connectivity index (χ1) is 10.1. The Bertz CT molecular complexity index is 439. The van der Waals surface area contributed by atoms with Crippen molar-refractivity contribution in [1.82, 2.24) is 15.4 Å². The Morgan fingerprint density at radius 2 is 1.87 bits per heavy atom. The van der Waals surface area contributed by atoms with Gasteiger partial charge in [0.2, 0.25) is 10.0 Å². The van der Waals surface area contributed by atoms with Crippen molar-refractivity contribution in [3.8, 4) is 0 Å². The first-order valence-electron chi connectivity index (χ1n) is 7.57. The maximum atomic E-state index is 11.3. The molecule has 0 atom stereocenters. The normalized spacial score (nSPS) is 12.9. The third-order valence-electron chi connectivity index (χ3n) is 2.59. The Kier molecular flexibility index (Phi) is 13.4. The molecule has 0 unspecified atom stereocenters. The van der Waals surface area contributed by atoms with Gasteiger partial charge >= 0.3 is 0 Å². The van der Waals surface area contributed by atoms with Gasteiger partial charge in [-0.3, -0.25) is 4.99 Å². The van der Waals surface area contributed by atoms with Gasteiger partial charge in [0.1, 0.15) is 0 Å². The molecule has 0 saturated carbocycles. The van der Waals surface area contributed by atoms with Crippen LogP contribution < -0.4 is 15.4 Å². The van der Waals surface area contributed by atoms with E-state index in [4.69, 9.17) is 4.74 Å². The maximum Gasteiger partial charge on any atom is 0.209 e. The average molecular weight is 464 g/mol. The van der Waals surface area contributed by atoms with Crippen molar-refractivity contribution in [2.45, 2.75) is 39.7 Å². The van der Waals surface area contributed by atoms with Gasteiger partial charge in [-0.15, -0.1) is 24.0 Å². The van der Waals surface area contributed by atoms with Crippen LogP contribution in [0.25, 0.3) is 0 Å². The van der Waals surface area contributed by atoms with E-state index in [1.165, 1.54) is 0 Å². The van der Waals surface area contributed by atoms with E-state index in [0.29, 0.717) is 25.0 Å². The van der Waals surface area contributed by atoms with Crippen LogP contribution in [0.4, 0.5) is 0 Å². The fourth-order valence-electron chi connectivity index (χ4n) is 1.76. The largest absolute Gasteiger partial charge is 0.381 e. The lowest BCUT2D eigenvalue weighted by Gasteiger charge is -2.26. The second-order valence-corrected chi connectivity index (χ2v) is 8.18. The van der Waals surface area contributed by atoms with Gasteiger partial charge in [-0.25, -0.2) is 13.1 Å². The number of nitrogens with one attached hydrogen (secondary N) is 3. The Morgan fingerprint density at radius 3 is 2.35 bits per heavy atom. The summed E-state index contributed by atoms with van der Waals surface area (Å²) in [6.07, 6.45) is 2.04. The lowest BCUT2D eigenvalue weighted by molar-refractivity contribution is 0.108. The van der Waals surface area contributed by atoms with Crippen molar-refractivity contribution < 1.29 is 13.2 Å². The summed E-state index contributed by atoms with van der Waals surface area (Å²) in [7, 11) is -1.56. The molecule has 3 N–H and O–H groups in total. The van der Waals surface area contributed by atoms with Crippen molar-refractivity contribution in [2.75, 3.05) is 39.6 Å². The Balaban J connectivity index is 0. The maximum absolute atomic E-state index is 11.3. The fourth-order valence-corrected chi connectivity index (χ4v) is 2.84. The summed E-state index contributed by atoms with van der Waals surface area (Å²) in [6, 6.07) is 0. The second kappa shape index (κ2) is 12.3. The lowest BCUT2D eigenvalue weighted by atomic mass is 10.1. The lowest BCUT2D eigenvalue weighted by Crippen LogP contribution is -2.53. The molecule has 0 saturated heterocycles. The highest BCUT2D eigenvalue weighted by atomic mass is 127. The zero-order chi connectivity index (χ0) is 17.2. The van der Waals surface area contributed by atoms with E-state index in [2.05, 4.69) is 34.2 Å². The molecule has 0 amide bonds. The molecule has 0 rings (SSSR count). The minimum Gasteiger partial charge on any atom is -0.381 e. The number of hydrogen-bond acceptors (Lipinski definition) is 4. The number of ether oxygens (including phenoxy) is 1. The number of halogens is 1. The predicted octanol–water partition coefficient (Wildman–Crippen LogP) is 1.16. The molecule has 140 valence electrons. The van der Waals surface area contributed by atoms with Gasteiger partial charge in [0.05, 0.1) is 6.26 Å². The van der Waals surface area contributed by atoms with Gasteiger partial charge in [0.15, 0.2) is 5.96 Å². The minimum atomic E-state index is -3.24. The number of rotatable bonds is 10. The van der Waals surface area contributed by atoms with Gasteiger partial charge in [0, 0.05) is 38.9 Å². The topological polar surface area (TPSA) is 91.8 Å². The molecule has 23 heavy (non-hydrogen) atoms. The van der Waals surface area contributed by atoms with Gasteiger partial charge in [0.25, 0.3) is 0 Å². The highest BCUT2D eigenvalue weighted by molar-refractivity contribution is 14.0. The van der Waals surface area contributed by atoms with Crippen LogP contribution in [0.1, 0.15) is 34.1 Å². The standard InChI is InChI=1S/C14H32N4O3S.HI/c1-12(2)10-21-9-7-8-16-13(15-5)17-11-14(3,4)18-22(6,19)20;/h12,18H,7-11H2,1-6H3,(H2,15,16,17);1H. The third-order valence-corrected chi connectivity index (χ3v) is 3.52. The predicted molar refractivity (Wildman–Crippen MR) is 107 cm³/mol. The molecule has 0 aromatic heterocycles. The molecular weight excluding hydrogens is 431 g/mol. The Labute approximate surface area is 158 Å². The Morgan fingerprint density at radius 1 is 1.26 bits per heavy atom. The number of hydrogen-bond donors (Lipinski definition) is 3. The average Bonchev–Trinajstić information content (AvgIpc) is 2.33. The van der Waals surface area contributed by atoms with E-state index < -0.39 is 15.6 Å². The number of nitrogens with zero attached hydrogens (tertiary/aromatic N) is 1. The van der Waals surface area contributed by atoms with Crippen LogP contribution in [-0.4, -0.2) is 59.5 Å². The molecule has 0 heterocycles. The van der Waals surface area contributed by atoms with Gasteiger partial charge in [-0.05, 0) is 26.2 Å². The molecule has 7 nitrogen and oxygen atoms in total. The van der Waals surface area contributed by atoms with Gasteiger partial charge < -0.3 is 15.4 Å². The van der Waals surface area contributed by atoms with E-state index in [9.17, 15) is 8.42 Å². The molecule has 9 heteroatoms. The molecule has 0 fully saturated rings. The monoisotopic (exact) mass is 464 g/mol. The van der Waals surface area contributed by atoms with Crippen LogP contribution in [0, 0.1) is 5.92 Å². The zero-order valence-corrected chi connectivity index (χ0v) is 18.2. The summed E-state index contributed by atoms with van der Waals surface area (Å²) < 4.78 is 30.6. The molecule has 0 spiro atoms. The molecule has 0 aliphatic heterocycles. The zero-order valence-electron chi connectivity index (χ0n) is 15.1. The summed E-state index contributed by atoms with van der Waals surface area (Å²) in [5, 5.41) is 6.29. The van der Waals surface area contributed by atoms with Crippen LogP contribution in [0.3, 0.4) is 0 Å². The molecule has 0 aromatic carbocycles. The number of guanidine groups is 1. The smallest absolute Gasteiger partial charge is 0.209 e. The fraction of sp³-hybridized carbons (Fsp3) is 0.929. The van der Waals surface area contributed by atoms with Crippen molar-refractivity contribution in [3.63, 3.8) is 0 Å². The molecular formula is C14H33IN4O3S. The summed E-state index contributed by atoms with van der Waals surface area (Å²) >= 11 is 0. The first-order valence-corrected chi connectivity index (χ1v) is 9.46. The van der Waals surface area contributed by atoms with Crippen molar-refractivity contribution in [1.29, 1.82) is 0 Å². The molecule has 0 aromatic rings.